The van der Waals surface area contributed by atoms with Crippen molar-refractivity contribution in [2.24, 2.45) is 5.92 Å². The lowest BCUT2D eigenvalue weighted by atomic mass is 9.92. The van der Waals surface area contributed by atoms with Crippen LogP contribution in [0.15, 0.2) is 0 Å². The average Bonchev–Trinajstić information content (AvgIpc) is 2.44. The van der Waals surface area contributed by atoms with Crippen LogP contribution in [0, 0.1) is 5.92 Å². The number of amides is 3. The second-order valence-electron chi connectivity index (χ2n) is 5.57. The van der Waals surface area contributed by atoms with Crippen molar-refractivity contribution in [3.05, 3.63) is 0 Å². The highest BCUT2D eigenvalue weighted by molar-refractivity contribution is 5.96. The first kappa shape index (κ1) is 16.9. The van der Waals surface area contributed by atoms with Gasteiger partial charge in [-0.1, -0.05) is 13.8 Å². The molecule has 3 atom stereocenters. The van der Waals surface area contributed by atoms with Crippen LogP contribution in [0.3, 0.4) is 0 Å². The lowest BCUT2D eigenvalue weighted by Crippen LogP contribution is -2.55. The first-order valence-electron chi connectivity index (χ1n) is 7.49. The second-order valence-corrected chi connectivity index (χ2v) is 5.57. The zero-order chi connectivity index (χ0) is 15.1. The van der Waals surface area contributed by atoms with E-state index < -0.39 is 6.03 Å². The molecule has 3 unspecified atom stereocenters. The zero-order valence-corrected chi connectivity index (χ0v) is 13.0. The first-order chi connectivity index (χ1) is 9.49. The Morgan fingerprint density at radius 1 is 1.40 bits per heavy atom. The number of carbonyl (C=O) groups is 2. The number of urea groups is 1. The van der Waals surface area contributed by atoms with Crippen molar-refractivity contribution < 1.29 is 9.59 Å². The van der Waals surface area contributed by atoms with E-state index in [1.54, 1.807) is 0 Å². The Morgan fingerprint density at radius 3 is 2.65 bits per heavy atom. The van der Waals surface area contributed by atoms with Gasteiger partial charge < -0.3 is 10.6 Å². The van der Waals surface area contributed by atoms with Gasteiger partial charge in [0.05, 0.1) is 6.04 Å². The van der Waals surface area contributed by atoms with Gasteiger partial charge in [-0.15, -0.1) is 0 Å². The molecule has 0 aromatic heterocycles. The maximum Gasteiger partial charge on any atom is 0.321 e. The molecule has 1 saturated heterocycles. The normalized spacial score (nSPS) is 25.0. The Morgan fingerprint density at radius 2 is 2.10 bits per heavy atom. The highest BCUT2D eigenvalue weighted by Gasteiger charge is 2.31. The van der Waals surface area contributed by atoms with Crippen LogP contribution in [-0.2, 0) is 4.79 Å². The summed E-state index contributed by atoms with van der Waals surface area (Å²) < 4.78 is 0. The zero-order valence-electron chi connectivity index (χ0n) is 13.0. The monoisotopic (exact) mass is 284 g/mol. The van der Waals surface area contributed by atoms with Gasteiger partial charge in [0.1, 0.15) is 0 Å². The quantitative estimate of drug-likeness (QED) is 0.689. The van der Waals surface area contributed by atoms with Crippen LogP contribution in [0.5, 0.6) is 0 Å². The number of hydrogen-bond donors (Lipinski definition) is 3. The fourth-order valence-corrected chi connectivity index (χ4v) is 2.61. The van der Waals surface area contributed by atoms with Gasteiger partial charge in [-0.2, -0.15) is 0 Å². The van der Waals surface area contributed by atoms with Gasteiger partial charge in [-0.3, -0.25) is 15.0 Å². The van der Waals surface area contributed by atoms with Crippen molar-refractivity contribution in [2.45, 2.75) is 45.7 Å². The van der Waals surface area contributed by atoms with Crippen LogP contribution in [0.2, 0.25) is 0 Å². The fourth-order valence-electron chi connectivity index (χ4n) is 2.61. The van der Waals surface area contributed by atoms with Crippen LogP contribution >= 0.6 is 0 Å². The SMILES string of the molecule is CCCNC1CCN(C(C)C(=O)NC(=O)NC)CC1C. The van der Waals surface area contributed by atoms with Gasteiger partial charge >= 0.3 is 6.03 Å². The number of carbonyl (C=O) groups excluding carboxylic acids is 2. The number of imide groups is 1. The Kier molecular flexibility index (Phi) is 6.95. The third-order valence-electron chi connectivity index (χ3n) is 3.98. The molecule has 116 valence electrons. The van der Waals surface area contributed by atoms with Crippen molar-refractivity contribution >= 4 is 11.9 Å². The summed E-state index contributed by atoms with van der Waals surface area (Å²) in [6.07, 6.45) is 2.18. The van der Waals surface area contributed by atoms with E-state index in [1.807, 2.05) is 6.92 Å². The van der Waals surface area contributed by atoms with Crippen LogP contribution < -0.4 is 16.0 Å². The van der Waals surface area contributed by atoms with E-state index >= 15 is 0 Å². The van der Waals surface area contributed by atoms with Crippen LogP contribution in [0.4, 0.5) is 4.79 Å². The Bertz CT molecular complexity index is 335. The fraction of sp³-hybridized carbons (Fsp3) is 0.857. The molecule has 1 aliphatic rings. The van der Waals surface area contributed by atoms with Crippen molar-refractivity contribution in [1.82, 2.24) is 20.9 Å². The molecule has 0 aromatic carbocycles. The minimum atomic E-state index is -0.450. The Hall–Kier alpha value is -1.14. The number of nitrogens with zero attached hydrogens (tertiary/aromatic N) is 1. The molecule has 6 heteroatoms. The predicted octanol–water partition coefficient (Wildman–Crippen LogP) is 0.541. The molecule has 1 aliphatic heterocycles. The molecule has 0 aromatic rings. The summed E-state index contributed by atoms with van der Waals surface area (Å²) in [5, 5.41) is 8.29. The van der Waals surface area contributed by atoms with E-state index in [-0.39, 0.29) is 11.9 Å². The third kappa shape index (κ3) is 4.76. The third-order valence-corrected chi connectivity index (χ3v) is 3.98. The molecular formula is C14H28N4O2. The smallest absolute Gasteiger partial charge is 0.321 e. The summed E-state index contributed by atoms with van der Waals surface area (Å²) in [6.45, 7) is 9.03. The summed E-state index contributed by atoms with van der Waals surface area (Å²) in [6, 6.07) is -0.198. The molecule has 1 rings (SSSR count). The van der Waals surface area contributed by atoms with Crippen LogP contribution in [0.25, 0.3) is 0 Å². The van der Waals surface area contributed by atoms with Crippen LogP contribution in [0.1, 0.15) is 33.6 Å². The van der Waals surface area contributed by atoms with Crippen LogP contribution in [-0.4, -0.2) is 55.6 Å². The van der Waals surface area contributed by atoms with Gasteiger partial charge in [0.15, 0.2) is 0 Å². The maximum atomic E-state index is 11.9. The van der Waals surface area contributed by atoms with E-state index in [4.69, 9.17) is 0 Å². The highest BCUT2D eigenvalue weighted by atomic mass is 16.2. The molecule has 1 fully saturated rings. The summed E-state index contributed by atoms with van der Waals surface area (Å²) in [7, 11) is 1.50. The van der Waals surface area contributed by atoms with Gasteiger partial charge in [0.25, 0.3) is 0 Å². The van der Waals surface area contributed by atoms with E-state index in [2.05, 4.69) is 34.7 Å². The molecule has 0 radical (unpaired) electrons. The molecule has 0 saturated carbocycles. The molecule has 3 N–H and O–H groups in total. The topological polar surface area (TPSA) is 73.5 Å². The average molecular weight is 284 g/mol. The Labute approximate surface area is 121 Å². The maximum absolute atomic E-state index is 11.9. The molecule has 0 spiro atoms. The van der Waals surface area contributed by atoms with Crippen molar-refractivity contribution in [2.75, 3.05) is 26.7 Å². The molecule has 0 bridgehead atoms. The number of rotatable bonds is 5. The molecule has 20 heavy (non-hydrogen) atoms. The number of likely N-dealkylation sites (tertiary alicyclic amines) is 1. The number of hydrogen-bond acceptors (Lipinski definition) is 4. The van der Waals surface area contributed by atoms with Gasteiger partial charge in [-0.05, 0) is 32.2 Å². The summed E-state index contributed by atoms with van der Waals surface area (Å²) in [4.78, 5) is 25.3. The molecule has 6 nitrogen and oxygen atoms in total. The summed E-state index contributed by atoms with van der Waals surface area (Å²) in [5.41, 5.74) is 0. The minimum Gasteiger partial charge on any atom is -0.341 e. The van der Waals surface area contributed by atoms with E-state index in [0.717, 1.165) is 32.5 Å². The van der Waals surface area contributed by atoms with E-state index in [1.165, 1.54) is 7.05 Å². The standard InChI is InChI=1S/C14H28N4O2/c1-5-7-16-12-6-8-18(9-10(12)2)11(3)13(19)17-14(20)15-4/h10-12,16H,5-9H2,1-4H3,(H2,15,17,19,20). The molecule has 1 heterocycles. The van der Waals surface area contributed by atoms with Crippen molar-refractivity contribution in [3.8, 4) is 0 Å². The van der Waals surface area contributed by atoms with Gasteiger partial charge in [-0.25, -0.2) is 4.79 Å². The van der Waals surface area contributed by atoms with Gasteiger partial charge in [0, 0.05) is 26.2 Å². The number of piperidine rings is 1. The largest absolute Gasteiger partial charge is 0.341 e. The number of nitrogens with one attached hydrogen (secondary N) is 3. The van der Waals surface area contributed by atoms with E-state index in [0.29, 0.717) is 12.0 Å². The molecule has 0 aliphatic carbocycles. The van der Waals surface area contributed by atoms with Gasteiger partial charge in [0.2, 0.25) is 5.91 Å². The van der Waals surface area contributed by atoms with Crippen molar-refractivity contribution in [3.63, 3.8) is 0 Å². The molecule has 3 amide bonds. The van der Waals surface area contributed by atoms with Crippen molar-refractivity contribution in [1.29, 1.82) is 0 Å². The highest BCUT2D eigenvalue weighted by Crippen LogP contribution is 2.18. The summed E-state index contributed by atoms with van der Waals surface area (Å²) >= 11 is 0. The van der Waals surface area contributed by atoms with E-state index in [9.17, 15) is 9.59 Å². The second kappa shape index (κ2) is 8.21. The lowest BCUT2D eigenvalue weighted by Gasteiger charge is -2.39. The Balaban J connectivity index is 2.45. The predicted molar refractivity (Wildman–Crippen MR) is 79.5 cm³/mol. The summed E-state index contributed by atoms with van der Waals surface area (Å²) in [5.74, 6) is 0.266. The molecular weight excluding hydrogens is 256 g/mol. The first-order valence-corrected chi connectivity index (χ1v) is 7.49. The minimum absolute atomic E-state index is 0.239. The lowest BCUT2D eigenvalue weighted by molar-refractivity contribution is -0.125.